The number of anilines is 2. The molecule has 0 bridgehead atoms. The summed E-state index contributed by atoms with van der Waals surface area (Å²) < 4.78 is 39.2. The van der Waals surface area contributed by atoms with Gasteiger partial charge >= 0.3 is 18.2 Å². The molecule has 2 aliphatic carbocycles. The minimum atomic E-state index is -4.57. The van der Waals surface area contributed by atoms with E-state index in [9.17, 15) is 22.8 Å². The van der Waals surface area contributed by atoms with E-state index in [0.717, 1.165) is 59.0 Å². The van der Waals surface area contributed by atoms with Crippen molar-refractivity contribution < 1.29 is 22.8 Å². The number of nitrogens with one attached hydrogen (secondary N) is 3. The zero-order valence-corrected chi connectivity index (χ0v) is 21.2. The van der Waals surface area contributed by atoms with Gasteiger partial charge in [-0.2, -0.15) is 13.2 Å². The molecule has 13 heteroatoms. The normalized spacial score (nSPS) is 17.8. The molecule has 9 nitrogen and oxygen atoms in total. The van der Waals surface area contributed by atoms with Gasteiger partial charge in [-0.3, -0.25) is 10.3 Å². The van der Waals surface area contributed by atoms with Gasteiger partial charge in [-0.15, -0.1) is 0 Å². The van der Waals surface area contributed by atoms with Gasteiger partial charge in [0.15, 0.2) is 0 Å². The number of amides is 4. The van der Waals surface area contributed by atoms with Crippen LogP contribution in [0.2, 0.25) is 0 Å². The van der Waals surface area contributed by atoms with E-state index in [1.165, 1.54) is 11.8 Å². The number of nitrogens with two attached hydrogens (primary N) is 1. The second-order valence-electron chi connectivity index (χ2n) is 9.65. The number of halogens is 3. The Bertz CT molecular complexity index is 1320. The molecule has 2 aromatic rings. The average Bonchev–Trinajstić information content (AvgIpc) is 3.75. The lowest BCUT2D eigenvalue weighted by Crippen LogP contribution is -2.60. The van der Waals surface area contributed by atoms with Gasteiger partial charge in [0.05, 0.1) is 17.1 Å². The van der Waals surface area contributed by atoms with Crippen LogP contribution in [0.15, 0.2) is 41.5 Å². The predicted octanol–water partition coefficient (Wildman–Crippen LogP) is 4.97. The molecule has 5 N–H and O–H groups in total. The molecule has 200 valence electrons. The highest BCUT2D eigenvalue weighted by Gasteiger charge is 2.59. The standard InChI is InChI=1S/C25H26F3N7O2S/c1-13-10-14(12-17(11-13)32-22-31-9-7-19(33-22)25(26,27)28)18-6-8-30-20(38-18)24(15-2-3-15,16-4-5-16)35-23(37)34-21(29)36/h6-7,9-12,15-16H,2-5,8H2,1H3,(H,31,32,33)(H4,29,34,35,36,37). The Balaban J connectivity index is 1.39. The number of hydrogen-bond acceptors (Lipinski definition) is 7. The van der Waals surface area contributed by atoms with Crippen molar-refractivity contribution in [3.63, 3.8) is 0 Å². The highest BCUT2D eigenvalue weighted by Crippen LogP contribution is 2.56. The molecule has 1 aromatic carbocycles. The third-order valence-electron chi connectivity index (χ3n) is 6.64. The van der Waals surface area contributed by atoms with Crippen molar-refractivity contribution in [2.24, 2.45) is 22.6 Å². The zero-order chi connectivity index (χ0) is 27.1. The van der Waals surface area contributed by atoms with Crippen LogP contribution in [0.1, 0.15) is 42.5 Å². The minimum Gasteiger partial charge on any atom is -0.351 e. The third kappa shape index (κ3) is 5.62. The number of primary amides is 1. The van der Waals surface area contributed by atoms with E-state index >= 15 is 0 Å². The molecule has 1 aliphatic heterocycles. The Kier molecular flexibility index (Phi) is 6.80. The molecule has 2 saturated carbocycles. The molecule has 1 aromatic heterocycles. The van der Waals surface area contributed by atoms with Gasteiger partial charge in [-0.05, 0) is 79.8 Å². The Morgan fingerprint density at radius 2 is 1.82 bits per heavy atom. The predicted molar refractivity (Wildman–Crippen MR) is 139 cm³/mol. The number of carbonyl (C=O) groups is 2. The van der Waals surface area contributed by atoms with E-state index < -0.39 is 29.5 Å². The molecule has 2 heterocycles. The molecule has 0 radical (unpaired) electrons. The quantitative estimate of drug-likeness (QED) is 0.388. The molecule has 3 aliphatic rings. The van der Waals surface area contributed by atoms with Gasteiger partial charge in [-0.1, -0.05) is 17.8 Å². The Labute approximate surface area is 221 Å². The number of aryl methyl sites for hydroxylation is 1. The molecule has 0 saturated heterocycles. The van der Waals surface area contributed by atoms with Gasteiger partial charge in [-0.25, -0.2) is 19.6 Å². The van der Waals surface area contributed by atoms with Gasteiger partial charge in [0.2, 0.25) is 5.95 Å². The van der Waals surface area contributed by atoms with E-state index in [4.69, 9.17) is 10.7 Å². The number of aliphatic imine (C=N–C) groups is 1. The topological polar surface area (TPSA) is 134 Å². The van der Waals surface area contributed by atoms with Crippen molar-refractivity contribution in [3.8, 4) is 0 Å². The molecule has 0 atom stereocenters. The smallest absolute Gasteiger partial charge is 0.351 e. The van der Waals surface area contributed by atoms with E-state index in [1.54, 1.807) is 6.07 Å². The number of carbonyl (C=O) groups excluding carboxylic acids is 2. The van der Waals surface area contributed by atoms with Crippen LogP contribution in [0.4, 0.5) is 34.4 Å². The maximum Gasteiger partial charge on any atom is 0.433 e. The van der Waals surface area contributed by atoms with Gasteiger partial charge in [0.25, 0.3) is 0 Å². The second kappa shape index (κ2) is 9.93. The number of aromatic nitrogens is 2. The number of hydrogen-bond donors (Lipinski definition) is 4. The first-order valence-corrected chi connectivity index (χ1v) is 13.0. The lowest BCUT2D eigenvalue weighted by Gasteiger charge is -2.37. The molecule has 5 rings (SSSR count). The molecular formula is C25H26F3N7O2S. The van der Waals surface area contributed by atoms with Crippen LogP contribution in [0.3, 0.4) is 0 Å². The lowest BCUT2D eigenvalue weighted by atomic mass is 9.88. The molecular weight excluding hydrogens is 519 g/mol. The van der Waals surface area contributed by atoms with Crippen LogP contribution in [0.5, 0.6) is 0 Å². The third-order valence-corrected chi connectivity index (χ3v) is 7.92. The van der Waals surface area contributed by atoms with Gasteiger partial charge in [0, 0.05) is 16.8 Å². The average molecular weight is 546 g/mol. The maximum atomic E-state index is 13.1. The zero-order valence-electron chi connectivity index (χ0n) is 20.4. The first-order valence-electron chi connectivity index (χ1n) is 12.2. The van der Waals surface area contributed by atoms with Crippen molar-refractivity contribution in [3.05, 3.63) is 53.4 Å². The SMILES string of the molecule is Cc1cc(Nc2nccc(C(F)(F)F)n2)cc(C2=CCN=C(C(NC(=O)NC(N)=O)(C3CC3)C3CC3)S2)c1. The summed E-state index contributed by atoms with van der Waals surface area (Å²) in [6, 6.07) is 4.85. The Hall–Kier alpha value is -3.61. The van der Waals surface area contributed by atoms with E-state index in [-0.39, 0.29) is 17.8 Å². The van der Waals surface area contributed by atoms with Crippen LogP contribution in [-0.4, -0.2) is 39.2 Å². The van der Waals surface area contributed by atoms with E-state index in [0.29, 0.717) is 12.2 Å². The van der Waals surface area contributed by atoms with Crippen molar-refractivity contribution >= 4 is 45.4 Å². The van der Waals surface area contributed by atoms with Gasteiger partial charge in [0.1, 0.15) is 5.69 Å². The lowest BCUT2D eigenvalue weighted by molar-refractivity contribution is -0.141. The first-order chi connectivity index (χ1) is 18.0. The largest absolute Gasteiger partial charge is 0.433 e. The second-order valence-corrected chi connectivity index (χ2v) is 10.7. The summed E-state index contributed by atoms with van der Waals surface area (Å²) in [7, 11) is 0. The fourth-order valence-electron chi connectivity index (χ4n) is 4.83. The molecule has 0 spiro atoms. The minimum absolute atomic E-state index is 0.157. The number of imide groups is 1. The van der Waals surface area contributed by atoms with Crippen molar-refractivity contribution in [2.45, 2.75) is 44.3 Å². The summed E-state index contributed by atoms with van der Waals surface area (Å²) in [5, 5.41) is 8.84. The number of thioether (sulfide) groups is 1. The van der Waals surface area contributed by atoms with E-state index in [2.05, 4.69) is 25.9 Å². The number of nitrogens with zero attached hydrogens (tertiary/aromatic N) is 3. The van der Waals surface area contributed by atoms with E-state index in [1.807, 2.05) is 25.1 Å². The highest BCUT2D eigenvalue weighted by atomic mass is 32.2. The summed E-state index contributed by atoms with van der Waals surface area (Å²) in [5.74, 6) is 0.272. The number of alkyl halides is 3. The highest BCUT2D eigenvalue weighted by molar-refractivity contribution is 8.22. The summed E-state index contributed by atoms with van der Waals surface area (Å²) in [6.45, 7) is 2.30. The maximum absolute atomic E-state index is 13.1. The van der Waals surface area contributed by atoms with Crippen LogP contribution in [0, 0.1) is 18.8 Å². The van der Waals surface area contributed by atoms with Crippen molar-refractivity contribution in [2.75, 3.05) is 11.9 Å². The summed E-state index contributed by atoms with van der Waals surface area (Å²) in [6.07, 6.45) is 2.25. The summed E-state index contributed by atoms with van der Waals surface area (Å²) >= 11 is 1.46. The molecule has 2 fully saturated rings. The first kappa shape index (κ1) is 26.0. The Morgan fingerprint density at radius 3 is 2.45 bits per heavy atom. The number of urea groups is 2. The van der Waals surface area contributed by atoms with Crippen LogP contribution in [0.25, 0.3) is 4.91 Å². The fourth-order valence-corrected chi connectivity index (χ4v) is 6.13. The number of rotatable bonds is 7. The summed E-state index contributed by atoms with van der Waals surface area (Å²) in [4.78, 5) is 37.1. The van der Waals surface area contributed by atoms with Crippen molar-refractivity contribution in [1.29, 1.82) is 0 Å². The monoisotopic (exact) mass is 545 g/mol. The molecule has 4 amide bonds. The number of benzene rings is 1. The van der Waals surface area contributed by atoms with Crippen LogP contribution >= 0.6 is 11.8 Å². The van der Waals surface area contributed by atoms with Gasteiger partial charge < -0.3 is 16.4 Å². The van der Waals surface area contributed by atoms with Crippen LogP contribution in [-0.2, 0) is 6.18 Å². The Morgan fingerprint density at radius 1 is 1.11 bits per heavy atom. The van der Waals surface area contributed by atoms with Crippen LogP contribution < -0.4 is 21.7 Å². The fraction of sp³-hybridized carbons (Fsp3) is 0.400. The molecule has 38 heavy (non-hydrogen) atoms. The van der Waals surface area contributed by atoms with Crippen molar-refractivity contribution in [1.82, 2.24) is 20.6 Å². The molecule has 0 unspecified atom stereocenters. The summed E-state index contributed by atoms with van der Waals surface area (Å²) in [5.41, 5.74) is 5.72.